The molecular weight excluding hydrogens is 206 g/mol. The maximum absolute atomic E-state index is 10.0. The first-order chi connectivity index (χ1) is 7.61. The van der Waals surface area contributed by atoms with Crippen molar-refractivity contribution < 1.29 is 14.7 Å². The van der Waals surface area contributed by atoms with Crippen molar-refractivity contribution in [3.63, 3.8) is 0 Å². The van der Waals surface area contributed by atoms with Gasteiger partial charge in [-0.2, -0.15) is 0 Å². The lowest BCUT2D eigenvalue weighted by molar-refractivity contribution is 0.140. The zero-order chi connectivity index (χ0) is 12.1. The van der Waals surface area contributed by atoms with Crippen molar-refractivity contribution in [2.45, 2.75) is 26.2 Å². The molecule has 0 aliphatic rings. The van der Waals surface area contributed by atoms with E-state index in [4.69, 9.17) is 10.6 Å². The van der Waals surface area contributed by atoms with Crippen molar-refractivity contribution in [1.29, 1.82) is 0 Å². The first kappa shape index (κ1) is 12.8. The third kappa shape index (κ3) is 2.65. The Balaban J connectivity index is 3.14. The quantitative estimate of drug-likeness (QED) is 0.752. The fourth-order valence-corrected chi connectivity index (χ4v) is 1.76. The molecule has 0 saturated carbocycles. The summed E-state index contributed by atoms with van der Waals surface area (Å²) in [5, 5.41) is 10.0. The van der Waals surface area contributed by atoms with Gasteiger partial charge in [-0.3, -0.25) is 0 Å². The summed E-state index contributed by atoms with van der Waals surface area (Å²) in [6, 6.07) is 3.74. The third-order valence-corrected chi connectivity index (χ3v) is 2.59. The van der Waals surface area contributed by atoms with E-state index in [1.807, 2.05) is 6.07 Å². The minimum Gasteiger partial charge on any atom is -0.504 e. The number of aromatic hydroxyl groups is 1. The molecule has 0 aliphatic carbocycles. The molecule has 0 amide bonds. The smallest absolute Gasteiger partial charge is 0.161 e. The molecule has 16 heavy (non-hydrogen) atoms. The highest BCUT2D eigenvalue weighted by molar-refractivity contribution is 5.50. The van der Waals surface area contributed by atoms with Crippen LogP contribution in [-0.4, -0.2) is 18.8 Å². The summed E-state index contributed by atoms with van der Waals surface area (Å²) < 4.78 is 5.08. The number of nitrogens with two attached hydrogens (primary N) is 1. The Morgan fingerprint density at radius 2 is 2.06 bits per heavy atom. The molecule has 0 fully saturated rings. The molecule has 0 bridgehead atoms. The lowest BCUT2D eigenvalue weighted by Crippen LogP contribution is -2.07. The molecule has 4 nitrogen and oxygen atoms in total. The average Bonchev–Trinajstić information content (AvgIpc) is 2.26. The molecule has 4 heteroatoms. The molecule has 0 heterocycles. The predicted molar refractivity (Wildman–Crippen MR) is 62.6 cm³/mol. The van der Waals surface area contributed by atoms with Gasteiger partial charge < -0.3 is 14.7 Å². The SMILES string of the molecule is COc1ccc(C(C)C)c(CCON)c1O. The van der Waals surface area contributed by atoms with Gasteiger partial charge in [0.25, 0.3) is 0 Å². The van der Waals surface area contributed by atoms with Gasteiger partial charge in [0.2, 0.25) is 0 Å². The second-order valence-corrected chi connectivity index (χ2v) is 3.96. The van der Waals surface area contributed by atoms with Crippen molar-refractivity contribution in [2.24, 2.45) is 5.90 Å². The Hall–Kier alpha value is -1.26. The summed E-state index contributed by atoms with van der Waals surface area (Å²) in [5.74, 6) is 6.02. The monoisotopic (exact) mass is 225 g/mol. The van der Waals surface area contributed by atoms with Crippen molar-refractivity contribution in [1.82, 2.24) is 0 Å². The van der Waals surface area contributed by atoms with Crippen molar-refractivity contribution >= 4 is 0 Å². The summed E-state index contributed by atoms with van der Waals surface area (Å²) in [4.78, 5) is 4.56. The van der Waals surface area contributed by atoms with Crippen LogP contribution < -0.4 is 10.6 Å². The number of hydrogen-bond acceptors (Lipinski definition) is 4. The first-order valence-corrected chi connectivity index (χ1v) is 5.32. The van der Waals surface area contributed by atoms with Crippen LogP contribution in [0.5, 0.6) is 11.5 Å². The number of ether oxygens (including phenoxy) is 1. The van der Waals surface area contributed by atoms with E-state index in [0.717, 1.165) is 11.1 Å². The van der Waals surface area contributed by atoms with Crippen LogP contribution in [0.25, 0.3) is 0 Å². The maximum atomic E-state index is 10.0. The van der Waals surface area contributed by atoms with Crippen molar-refractivity contribution in [3.05, 3.63) is 23.3 Å². The van der Waals surface area contributed by atoms with E-state index in [1.165, 1.54) is 7.11 Å². The second-order valence-electron chi connectivity index (χ2n) is 3.96. The summed E-state index contributed by atoms with van der Waals surface area (Å²) in [6.45, 7) is 4.53. The van der Waals surface area contributed by atoms with E-state index < -0.39 is 0 Å². The molecule has 3 N–H and O–H groups in total. The lowest BCUT2D eigenvalue weighted by Gasteiger charge is -2.16. The van der Waals surface area contributed by atoms with Gasteiger partial charge in [0.1, 0.15) is 0 Å². The van der Waals surface area contributed by atoms with Gasteiger partial charge in [0.15, 0.2) is 11.5 Å². The number of phenols is 1. The largest absolute Gasteiger partial charge is 0.504 e. The summed E-state index contributed by atoms with van der Waals surface area (Å²) in [7, 11) is 1.54. The third-order valence-electron chi connectivity index (χ3n) is 2.59. The topological polar surface area (TPSA) is 64.7 Å². The van der Waals surface area contributed by atoms with E-state index in [2.05, 4.69) is 18.7 Å². The van der Waals surface area contributed by atoms with Crippen molar-refractivity contribution in [2.75, 3.05) is 13.7 Å². The highest BCUT2D eigenvalue weighted by Crippen LogP contribution is 2.35. The Morgan fingerprint density at radius 3 is 2.56 bits per heavy atom. The Kier molecular flexibility index (Phi) is 4.58. The van der Waals surface area contributed by atoms with Crippen LogP contribution >= 0.6 is 0 Å². The molecule has 1 aromatic rings. The fraction of sp³-hybridized carbons (Fsp3) is 0.500. The van der Waals surface area contributed by atoms with Crippen LogP contribution in [0.3, 0.4) is 0 Å². The van der Waals surface area contributed by atoms with E-state index >= 15 is 0 Å². The molecule has 90 valence electrons. The molecule has 0 atom stereocenters. The minimum atomic E-state index is 0.186. The van der Waals surface area contributed by atoms with E-state index in [9.17, 15) is 5.11 Å². The number of benzene rings is 1. The van der Waals surface area contributed by atoms with E-state index in [0.29, 0.717) is 24.7 Å². The molecule has 0 radical (unpaired) electrons. The van der Waals surface area contributed by atoms with Gasteiger partial charge in [-0.05, 0) is 17.5 Å². The molecule has 0 saturated heterocycles. The predicted octanol–water partition coefficient (Wildman–Crippen LogP) is 1.96. The maximum Gasteiger partial charge on any atom is 0.161 e. The van der Waals surface area contributed by atoms with E-state index in [1.54, 1.807) is 6.07 Å². The van der Waals surface area contributed by atoms with Crippen LogP contribution in [0, 0.1) is 0 Å². The Bertz CT molecular complexity index is 350. The van der Waals surface area contributed by atoms with Gasteiger partial charge in [-0.1, -0.05) is 19.9 Å². The first-order valence-electron chi connectivity index (χ1n) is 5.32. The Labute approximate surface area is 95.9 Å². The number of rotatable bonds is 5. The molecule has 0 unspecified atom stereocenters. The van der Waals surface area contributed by atoms with Crippen LogP contribution in [0.15, 0.2) is 12.1 Å². The van der Waals surface area contributed by atoms with Gasteiger partial charge in [0.05, 0.1) is 13.7 Å². The molecule has 0 spiro atoms. The number of phenolic OH excluding ortho intramolecular Hbond substituents is 1. The standard InChI is InChI=1S/C12H19NO3/c1-8(2)9-4-5-11(15-3)12(14)10(9)6-7-16-13/h4-5,8,14H,6-7,13H2,1-3H3. The molecule has 0 aliphatic heterocycles. The highest BCUT2D eigenvalue weighted by atomic mass is 16.6. The van der Waals surface area contributed by atoms with Crippen LogP contribution in [0.1, 0.15) is 30.9 Å². The van der Waals surface area contributed by atoms with Gasteiger partial charge in [-0.25, -0.2) is 5.90 Å². The van der Waals surface area contributed by atoms with Gasteiger partial charge >= 0.3 is 0 Å². The molecule has 1 aromatic carbocycles. The zero-order valence-electron chi connectivity index (χ0n) is 9.99. The van der Waals surface area contributed by atoms with Gasteiger partial charge in [0, 0.05) is 12.0 Å². The normalized spacial score (nSPS) is 10.8. The van der Waals surface area contributed by atoms with Gasteiger partial charge in [-0.15, -0.1) is 0 Å². The fourth-order valence-electron chi connectivity index (χ4n) is 1.76. The van der Waals surface area contributed by atoms with Crippen LogP contribution in [0.4, 0.5) is 0 Å². The summed E-state index contributed by atoms with van der Waals surface area (Å²) in [6.07, 6.45) is 0.576. The van der Waals surface area contributed by atoms with E-state index in [-0.39, 0.29) is 5.75 Å². The number of methoxy groups -OCH3 is 1. The van der Waals surface area contributed by atoms with Crippen LogP contribution in [-0.2, 0) is 11.3 Å². The molecule has 1 rings (SSSR count). The minimum absolute atomic E-state index is 0.186. The lowest BCUT2D eigenvalue weighted by atomic mass is 9.94. The molecular formula is C12H19NO3. The summed E-state index contributed by atoms with van der Waals surface area (Å²) in [5.41, 5.74) is 1.94. The molecule has 0 aromatic heterocycles. The highest BCUT2D eigenvalue weighted by Gasteiger charge is 2.14. The second kappa shape index (κ2) is 5.72. The summed E-state index contributed by atoms with van der Waals surface area (Å²) >= 11 is 0. The number of hydrogen-bond donors (Lipinski definition) is 2. The van der Waals surface area contributed by atoms with Crippen molar-refractivity contribution in [3.8, 4) is 11.5 Å². The zero-order valence-corrected chi connectivity index (χ0v) is 9.99. The average molecular weight is 225 g/mol. The van der Waals surface area contributed by atoms with Crippen LogP contribution in [0.2, 0.25) is 0 Å². The Morgan fingerprint density at radius 1 is 1.38 bits per heavy atom.